The van der Waals surface area contributed by atoms with E-state index >= 15 is 0 Å². The Morgan fingerprint density at radius 2 is 2.20 bits per heavy atom. The number of benzene rings is 1. The van der Waals surface area contributed by atoms with E-state index in [1.807, 2.05) is 29.6 Å². The fourth-order valence-corrected chi connectivity index (χ4v) is 3.90. The largest absolute Gasteiger partial charge is 0.443 e. The number of hydrogen-bond acceptors (Lipinski definition) is 5. The van der Waals surface area contributed by atoms with E-state index in [0.29, 0.717) is 0 Å². The van der Waals surface area contributed by atoms with Crippen LogP contribution in [-0.4, -0.2) is 39.2 Å². The van der Waals surface area contributed by atoms with E-state index < -0.39 is 22.0 Å². The summed E-state index contributed by atoms with van der Waals surface area (Å²) in [5.74, 6) is -0.143. The van der Waals surface area contributed by atoms with Crippen LogP contribution in [0.25, 0.3) is 10.1 Å². The molecule has 1 atom stereocenters. The van der Waals surface area contributed by atoms with Crippen molar-refractivity contribution in [1.29, 1.82) is 0 Å². The third-order valence-electron chi connectivity index (χ3n) is 3.11. The predicted molar refractivity (Wildman–Crippen MR) is 79.2 cm³/mol. The van der Waals surface area contributed by atoms with Crippen molar-refractivity contribution in [2.75, 3.05) is 23.5 Å². The number of cyclic esters (lactones) is 1. The van der Waals surface area contributed by atoms with Gasteiger partial charge < -0.3 is 4.74 Å². The molecule has 0 N–H and O–H groups in total. The summed E-state index contributed by atoms with van der Waals surface area (Å²) in [6, 6.07) is 7.70. The quantitative estimate of drug-likeness (QED) is 0.872. The maximum Gasteiger partial charge on any atom is 0.414 e. The standard InChI is InChI=1S/C13H13NO4S2/c1-20(16,17)8-11-7-14(13(15)18-11)10-2-3-12-9(6-10)4-5-19-12/h2-6,11H,7-8H2,1H3/t11-/m1/s1. The Labute approximate surface area is 120 Å². The molecule has 1 aromatic carbocycles. The first kappa shape index (κ1) is 13.4. The number of hydrogen-bond donors (Lipinski definition) is 0. The number of thiophene rings is 1. The van der Waals surface area contributed by atoms with Crippen molar-refractivity contribution in [3.63, 3.8) is 0 Å². The van der Waals surface area contributed by atoms with Crippen LogP contribution in [0.4, 0.5) is 10.5 Å². The average molecular weight is 311 g/mol. The number of nitrogens with zero attached hydrogens (tertiary/aromatic N) is 1. The van der Waals surface area contributed by atoms with Gasteiger partial charge in [-0.3, -0.25) is 4.90 Å². The lowest BCUT2D eigenvalue weighted by molar-refractivity contribution is 0.151. The fourth-order valence-electron chi connectivity index (χ4n) is 2.28. The lowest BCUT2D eigenvalue weighted by Crippen LogP contribution is -2.27. The summed E-state index contributed by atoms with van der Waals surface area (Å²) >= 11 is 1.63. The van der Waals surface area contributed by atoms with E-state index in [2.05, 4.69) is 0 Å². The van der Waals surface area contributed by atoms with Gasteiger partial charge in [0.05, 0.1) is 12.3 Å². The molecule has 1 aliphatic rings. The van der Waals surface area contributed by atoms with Gasteiger partial charge in [0.25, 0.3) is 0 Å². The van der Waals surface area contributed by atoms with E-state index in [0.717, 1.165) is 22.0 Å². The van der Waals surface area contributed by atoms with E-state index in [-0.39, 0.29) is 12.3 Å². The Balaban J connectivity index is 1.85. The van der Waals surface area contributed by atoms with Gasteiger partial charge in [-0.05, 0) is 35.0 Å². The van der Waals surface area contributed by atoms with E-state index in [4.69, 9.17) is 4.74 Å². The molecule has 1 aliphatic heterocycles. The minimum absolute atomic E-state index is 0.143. The monoisotopic (exact) mass is 311 g/mol. The van der Waals surface area contributed by atoms with Crippen LogP contribution in [0, 0.1) is 0 Å². The first-order valence-corrected chi connectivity index (χ1v) is 8.99. The molecular formula is C13H13NO4S2. The van der Waals surface area contributed by atoms with Crippen molar-refractivity contribution < 1.29 is 17.9 Å². The van der Waals surface area contributed by atoms with Crippen LogP contribution >= 0.6 is 11.3 Å². The number of ether oxygens (including phenoxy) is 1. The highest BCUT2D eigenvalue weighted by molar-refractivity contribution is 7.90. The summed E-state index contributed by atoms with van der Waals surface area (Å²) in [6.07, 6.45) is 0.0462. The minimum atomic E-state index is -3.16. The van der Waals surface area contributed by atoms with E-state index in [9.17, 15) is 13.2 Å². The Morgan fingerprint density at radius 1 is 1.40 bits per heavy atom. The minimum Gasteiger partial charge on any atom is -0.443 e. The highest BCUT2D eigenvalue weighted by atomic mass is 32.2. The Morgan fingerprint density at radius 3 is 2.95 bits per heavy atom. The van der Waals surface area contributed by atoms with Crippen molar-refractivity contribution in [1.82, 2.24) is 0 Å². The SMILES string of the molecule is CS(=O)(=O)C[C@H]1CN(c2ccc3sccc3c2)C(=O)O1. The van der Waals surface area contributed by atoms with Gasteiger partial charge >= 0.3 is 6.09 Å². The number of carbonyl (C=O) groups excluding carboxylic acids is 1. The molecule has 0 spiro atoms. The van der Waals surface area contributed by atoms with E-state index in [1.165, 1.54) is 4.90 Å². The Bertz CT molecular complexity index is 766. The molecule has 0 radical (unpaired) electrons. The molecule has 1 saturated heterocycles. The molecule has 0 unspecified atom stereocenters. The summed E-state index contributed by atoms with van der Waals surface area (Å²) < 4.78 is 28.8. The molecule has 1 amide bonds. The fraction of sp³-hybridized carbons (Fsp3) is 0.308. The van der Waals surface area contributed by atoms with Gasteiger partial charge in [0.2, 0.25) is 0 Å². The number of rotatable bonds is 3. The molecule has 3 rings (SSSR count). The molecule has 2 heterocycles. The molecular weight excluding hydrogens is 298 g/mol. The molecule has 0 aliphatic carbocycles. The first-order chi connectivity index (χ1) is 9.42. The number of carbonyl (C=O) groups is 1. The van der Waals surface area contributed by atoms with Crippen LogP contribution in [-0.2, 0) is 14.6 Å². The molecule has 1 aromatic heterocycles. The zero-order valence-corrected chi connectivity index (χ0v) is 12.4. The summed E-state index contributed by atoms with van der Waals surface area (Å²) in [7, 11) is -3.16. The zero-order valence-electron chi connectivity index (χ0n) is 10.8. The van der Waals surface area contributed by atoms with Gasteiger partial charge in [-0.15, -0.1) is 11.3 Å². The number of fused-ring (bicyclic) bond motifs is 1. The van der Waals surface area contributed by atoms with Crippen molar-refractivity contribution in [2.45, 2.75) is 6.10 Å². The summed E-state index contributed by atoms with van der Waals surface area (Å²) in [4.78, 5) is 13.3. The lowest BCUT2D eigenvalue weighted by Gasteiger charge is -2.12. The highest BCUT2D eigenvalue weighted by Gasteiger charge is 2.34. The van der Waals surface area contributed by atoms with Crippen molar-refractivity contribution in [2.24, 2.45) is 0 Å². The van der Waals surface area contributed by atoms with Gasteiger partial charge in [-0.2, -0.15) is 0 Å². The second-order valence-corrected chi connectivity index (χ2v) is 7.98. The lowest BCUT2D eigenvalue weighted by atomic mass is 10.2. The van der Waals surface area contributed by atoms with Gasteiger partial charge in [0.1, 0.15) is 6.10 Å². The van der Waals surface area contributed by atoms with Gasteiger partial charge in [-0.1, -0.05) is 0 Å². The molecule has 2 aromatic rings. The highest BCUT2D eigenvalue weighted by Crippen LogP contribution is 2.28. The van der Waals surface area contributed by atoms with E-state index in [1.54, 1.807) is 11.3 Å². The summed E-state index contributed by atoms with van der Waals surface area (Å²) in [5, 5.41) is 3.05. The molecule has 7 heteroatoms. The van der Waals surface area contributed by atoms with Crippen LogP contribution in [0.1, 0.15) is 0 Å². The molecule has 0 saturated carbocycles. The van der Waals surface area contributed by atoms with Crippen LogP contribution < -0.4 is 4.90 Å². The van der Waals surface area contributed by atoms with Crippen LogP contribution in [0.5, 0.6) is 0 Å². The molecule has 106 valence electrons. The summed E-state index contributed by atoms with van der Waals surface area (Å²) in [5.41, 5.74) is 0.733. The van der Waals surface area contributed by atoms with Crippen molar-refractivity contribution >= 4 is 43.0 Å². The zero-order chi connectivity index (χ0) is 14.3. The third kappa shape index (κ3) is 2.64. The molecule has 0 bridgehead atoms. The maximum absolute atomic E-state index is 11.9. The van der Waals surface area contributed by atoms with Crippen LogP contribution in [0.2, 0.25) is 0 Å². The average Bonchev–Trinajstić information content (AvgIpc) is 2.92. The Kier molecular flexibility index (Phi) is 3.18. The molecule has 5 nitrogen and oxygen atoms in total. The maximum atomic E-state index is 11.9. The van der Waals surface area contributed by atoms with Crippen molar-refractivity contribution in [3.05, 3.63) is 29.6 Å². The second-order valence-electron chi connectivity index (χ2n) is 4.85. The molecule has 1 fully saturated rings. The Hall–Kier alpha value is -1.60. The van der Waals surface area contributed by atoms with Crippen LogP contribution in [0.15, 0.2) is 29.6 Å². The first-order valence-electron chi connectivity index (χ1n) is 6.05. The van der Waals surface area contributed by atoms with Crippen LogP contribution in [0.3, 0.4) is 0 Å². The number of anilines is 1. The topological polar surface area (TPSA) is 63.7 Å². The van der Waals surface area contributed by atoms with Gasteiger partial charge in [0, 0.05) is 16.6 Å². The normalized spacial score (nSPS) is 19.6. The smallest absolute Gasteiger partial charge is 0.414 e. The second kappa shape index (κ2) is 4.75. The number of sulfone groups is 1. The molecule has 20 heavy (non-hydrogen) atoms. The third-order valence-corrected chi connectivity index (χ3v) is 4.99. The number of amides is 1. The van der Waals surface area contributed by atoms with Gasteiger partial charge in [-0.25, -0.2) is 13.2 Å². The van der Waals surface area contributed by atoms with Gasteiger partial charge in [0.15, 0.2) is 9.84 Å². The predicted octanol–water partition coefficient (Wildman–Crippen LogP) is 2.27. The van der Waals surface area contributed by atoms with Crippen molar-refractivity contribution in [3.8, 4) is 0 Å². The summed E-state index contributed by atoms with van der Waals surface area (Å²) in [6.45, 7) is 0.265.